The lowest BCUT2D eigenvalue weighted by Crippen LogP contribution is -2.59. The number of nitrogens with one attached hydrogen (secondary N) is 1. The van der Waals surface area contributed by atoms with Crippen molar-refractivity contribution in [2.24, 2.45) is 0 Å². The number of nitrogens with zero attached hydrogens (tertiary/aromatic N) is 2. The van der Waals surface area contributed by atoms with Crippen LogP contribution in [0.3, 0.4) is 0 Å². The molecule has 2 fully saturated rings. The second-order valence-electron chi connectivity index (χ2n) is 6.53. The summed E-state index contributed by atoms with van der Waals surface area (Å²) in [5.41, 5.74) is 0.363. The molecule has 2 aliphatic heterocycles. The Bertz CT molecular complexity index is 244. The first kappa shape index (κ1) is 13.3. The molecule has 17 heavy (non-hydrogen) atoms. The Hall–Kier alpha value is -0.120. The normalized spacial score (nSPS) is 31.9. The average molecular weight is 239 g/mol. The van der Waals surface area contributed by atoms with Crippen LogP contribution in [0.1, 0.15) is 40.5 Å². The predicted molar refractivity (Wildman–Crippen MR) is 73.4 cm³/mol. The van der Waals surface area contributed by atoms with Crippen molar-refractivity contribution in [3.8, 4) is 0 Å². The Morgan fingerprint density at radius 1 is 1.12 bits per heavy atom. The summed E-state index contributed by atoms with van der Waals surface area (Å²) < 4.78 is 0. The minimum Gasteiger partial charge on any atom is -0.314 e. The number of piperidine rings is 1. The highest BCUT2D eigenvalue weighted by Gasteiger charge is 2.38. The van der Waals surface area contributed by atoms with E-state index in [0.29, 0.717) is 11.6 Å². The molecular formula is C14H29N3. The van der Waals surface area contributed by atoms with E-state index in [4.69, 9.17) is 0 Å². The van der Waals surface area contributed by atoms with Gasteiger partial charge in [0, 0.05) is 50.3 Å². The minimum absolute atomic E-state index is 0.363. The molecule has 0 aromatic heterocycles. The van der Waals surface area contributed by atoms with E-state index in [1.54, 1.807) is 0 Å². The number of piperazine rings is 1. The molecule has 100 valence electrons. The lowest BCUT2D eigenvalue weighted by Gasteiger charge is -2.51. The van der Waals surface area contributed by atoms with E-state index in [1.807, 2.05) is 0 Å². The van der Waals surface area contributed by atoms with Gasteiger partial charge in [-0.1, -0.05) is 0 Å². The van der Waals surface area contributed by atoms with Crippen LogP contribution in [0.2, 0.25) is 0 Å². The molecule has 3 heteroatoms. The van der Waals surface area contributed by atoms with Gasteiger partial charge in [0.2, 0.25) is 0 Å². The van der Waals surface area contributed by atoms with Crippen LogP contribution in [0.4, 0.5) is 0 Å². The van der Waals surface area contributed by atoms with Crippen molar-refractivity contribution in [2.45, 2.75) is 58.2 Å². The van der Waals surface area contributed by atoms with E-state index in [9.17, 15) is 0 Å². The third-order valence-electron chi connectivity index (χ3n) is 4.51. The van der Waals surface area contributed by atoms with E-state index >= 15 is 0 Å². The molecule has 3 nitrogen and oxygen atoms in total. The van der Waals surface area contributed by atoms with Gasteiger partial charge in [0.25, 0.3) is 0 Å². The van der Waals surface area contributed by atoms with E-state index in [-0.39, 0.29) is 0 Å². The van der Waals surface area contributed by atoms with Crippen molar-refractivity contribution in [1.29, 1.82) is 0 Å². The van der Waals surface area contributed by atoms with Crippen molar-refractivity contribution in [1.82, 2.24) is 15.1 Å². The zero-order valence-electron chi connectivity index (χ0n) is 12.0. The summed E-state index contributed by atoms with van der Waals surface area (Å²) in [5.74, 6) is 0. The first-order valence-electron chi connectivity index (χ1n) is 7.22. The maximum Gasteiger partial charge on any atom is 0.0170 e. The molecule has 0 aromatic carbocycles. The molecule has 1 unspecified atom stereocenters. The Balaban J connectivity index is 1.96. The monoisotopic (exact) mass is 239 g/mol. The van der Waals surface area contributed by atoms with Crippen LogP contribution in [-0.2, 0) is 0 Å². The second-order valence-corrected chi connectivity index (χ2v) is 6.53. The van der Waals surface area contributed by atoms with Crippen LogP contribution in [0, 0.1) is 0 Å². The SMILES string of the molecule is CC(C)N1CCC(N2CCNCC2)CC1(C)C. The molecule has 2 rings (SSSR count). The second kappa shape index (κ2) is 5.25. The van der Waals surface area contributed by atoms with Crippen LogP contribution < -0.4 is 5.32 Å². The largest absolute Gasteiger partial charge is 0.314 e. The Morgan fingerprint density at radius 2 is 1.76 bits per heavy atom. The fraction of sp³-hybridized carbons (Fsp3) is 1.00. The molecule has 2 aliphatic rings. The van der Waals surface area contributed by atoms with Gasteiger partial charge in [0.1, 0.15) is 0 Å². The molecule has 0 aromatic rings. The minimum atomic E-state index is 0.363. The summed E-state index contributed by atoms with van der Waals surface area (Å²) in [4.78, 5) is 5.38. The topological polar surface area (TPSA) is 18.5 Å². The van der Waals surface area contributed by atoms with Gasteiger partial charge in [-0.2, -0.15) is 0 Å². The summed E-state index contributed by atoms with van der Waals surface area (Å²) in [6, 6.07) is 1.48. The average Bonchev–Trinajstić information content (AvgIpc) is 2.28. The van der Waals surface area contributed by atoms with E-state index in [1.165, 1.54) is 45.6 Å². The Labute approximate surface area is 107 Å². The summed E-state index contributed by atoms with van der Waals surface area (Å²) in [6.07, 6.45) is 2.67. The lowest BCUT2D eigenvalue weighted by atomic mass is 9.85. The molecule has 0 aliphatic carbocycles. The molecule has 0 bridgehead atoms. The molecular weight excluding hydrogens is 210 g/mol. The van der Waals surface area contributed by atoms with Crippen molar-refractivity contribution in [3.05, 3.63) is 0 Å². The zero-order chi connectivity index (χ0) is 12.5. The molecule has 0 saturated carbocycles. The first-order chi connectivity index (χ1) is 8.00. The van der Waals surface area contributed by atoms with Gasteiger partial charge in [-0.3, -0.25) is 9.80 Å². The Kier molecular flexibility index (Phi) is 4.11. The van der Waals surface area contributed by atoms with Gasteiger partial charge in [0.15, 0.2) is 0 Å². The van der Waals surface area contributed by atoms with Crippen molar-refractivity contribution in [3.63, 3.8) is 0 Å². The maximum absolute atomic E-state index is 3.45. The van der Waals surface area contributed by atoms with Gasteiger partial charge < -0.3 is 5.32 Å². The van der Waals surface area contributed by atoms with Crippen molar-refractivity contribution < 1.29 is 0 Å². The predicted octanol–water partition coefficient (Wildman–Crippen LogP) is 1.54. The molecule has 1 N–H and O–H groups in total. The number of rotatable bonds is 2. The van der Waals surface area contributed by atoms with E-state index < -0.39 is 0 Å². The van der Waals surface area contributed by atoms with Gasteiger partial charge >= 0.3 is 0 Å². The molecule has 1 atom stereocenters. The molecule has 0 spiro atoms. The smallest absolute Gasteiger partial charge is 0.0170 e. The lowest BCUT2D eigenvalue weighted by molar-refractivity contribution is -0.00466. The number of likely N-dealkylation sites (tertiary alicyclic amines) is 1. The molecule has 0 radical (unpaired) electrons. The molecule has 0 amide bonds. The highest BCUT2D eigenvalue weighted by molar-refractivity contribution is 4.95. The van der Waals surface area contributed by atoms with Crippen molar-refractivity contribution >= 4 is 0 Å². The highest BCUT2D eigenvalue weighted by atomic mass is 15.3. The summed E-state index contributed by atoms with van der Waals surface area (Å²) >= 11 is 0. The van der Waals surface area contributed by atoms with E-state index in [0.717, 1.165) is 6.04 Å². The molecule has 2 heterocycles. The third-order valence-corrected chi connectivity index (χ3v) is 4.51. The summed E-state index contributed by atoms with van der Waals surface area (Å²) in [5, 5.41) is 3.45. The highest BCUT2D eigenvalue weighted by Crippen LogP contribution is 2.31. The number of hydrogen-bond acceptors (Lipinski definition) is 3. The first-order valence-corrected chi connectivity index (χ1v) is 7.22. The third kappa shape index (κ3) is 3.01. The van der Waals surface area contributed by atoms with Gasteiger partial charge in [0.05, 0.1) is 0 Å². The van der Waals surface area contributed by atoms with Crippen LogP contribution in [0.25, 0.3) is 0 Å². The van der Waals surface area contributed by atoms with Crippen LogP contribution in [0.5, 0.6) is 0 Å². The van der Waals surface area contributed by atoms with Crippen LogP contribution in [0.15, 0.2) is 0 Å². The van der Waals surface area contributed by atoms with Crippen molar-refractivity contribution in [2.75, 3.05) is 32.7 Å². The van der Waals surface area contributed by atoms with E-state index in [2.05, 4.69) is 42.8 Å². The standard InChI is InChI=1S/C14H29N3/c1-12(2)17-8-5-13(11-14(17,3)4)16-9-6-15-7-10-16/h12-13,15H,5-11H2,1-4H3. The van der Waals surface area contributed by atoms with Gasteiger partial charge in [-0.05, 0) is 40.5 Å². The summed E-state index contributed by atoms with van der Waals surface area (Å²) in [6.45, 7) is 15.6. The fourth-order valence-electron chi connectivity index (χ4n) is 3.70. The maximum atomic E-state index is 3.45. The van der Waals surface area contributed by atoms with Crippen LogP contribution >= 0.6 is 0 Å². The van der Waals surface area contributed by atoms with Gasteiger partial charge in [-0.15, -0.1) is 0 Å². The number of hydrogen-bond donors (Lipinski definition) is 1. The van der Waals surface area contributed by atoms with Gasteiger partial charge in [-0.25, -0.2) is 0 Å². The van der Waals surface area contributed by atoms with Crippen LogP contribution in [-0.4, -0.2) is 60.1 Å². The zero-order valence-corrected chi connectivity index (χ0v) is 12.0. The summed E-state index contributed by atoms with van der Waals surface area (Å²) in [7, 11) is 0. The Morgan fingerprint density at radius 3 is 2.29 bits per heavy atom. The quantitative estimate of drug-likeness (QED) is 0.788. The fourth-order valence-corrected chi connectivity index (χ4v) is 3.70. The molecule has 2 saturated heterocycles.